The van der Waals surface area contributed by atoms with Gasteiger partial charge in [-0.05, 0) is 24.3 Å². The zero-order chi connectivity index (χ0) is 13.2. The molecule has 1 saturated carbocycles. The van der Waals surface area contributed by atoms with E-state index in [2.05, 4.69) is 17.2 Å². The number of nitrogen functional groups attached to an aromatic ring is 1. The zero-order valence-corrected chi connectivity index (χ0v) is 10.6. The molecule has 1 fully saturated rings. The lowest BCUT2D eigenvalue weighted by molar-refractivity contribution is 0.0698. The van der Waals surface area contributed by atoms with E-state index in [1.165, 1.54) is 37.9 Å². The van der Waals surface area contributed by atoms with Gasteiger partial charge in [-0.3, -0.25) is 0 Å². The number of nitrogens with one attached hydrogen (secondary N) is 1. The van der Waals surface area contributed by atoms with Crippen LogP contribution in [0, 0.1) is 5.41 Å². The molecule has 5 nitrogen and oxygen atoms in total. The summed E-state index contributed by atoms with van der Waals surface area (Å²) in [5, 5.41) is 12.2. The molecule has 1 aromatic heterocycles. The van der Waals surface area contributed by atoms with E-state index in [0.717, 1.165) is 6.54 Å². The van der Waals surface area contributed by atoms with E-state index in [1.54, 1.807) is 0 Å². The number of hydrogen-bond acceptors (Lipinski definition) is 4. The lowest BCUT2D eigenvalue weighted by Gasteiger charge is -2.24. The molecule has 0 radical (unpaired) electrons. The Morgan fingerprint density at radius 2 is 2.22 bits per heavy atom. The minimum Gasteiger partial charge on any atom is -0.478 e. The predicted molar refractivity (Wildman–Crippen MR) is 70.7 cm³/mol. The Morgan fingerprint density at radius 1 is 1.56 bits per heavy atom. The number of carboxylic acid groups (broad SMARTS) is 1. The molecule has 0 spiro atoms. The Bertz CT molecular complexity index is 454. The summed E-state index contributed by atoms with van der Waals surface area (Å²) in [4.78, 5) is 15.1. The first-order chi connectivity index (χ1) is 8.52. The van der Waals surface area contributed by atoms with E-state index >= 15 is 0 Å². The number of anilines is 2. The highest BCUT2D eigenvalue weighted by molar-refractivity contribution is 5.96. The molecular formula is C13H19N3O2. The number of aromatic carboxylic acids is 1. The molecule has 0 saturated heterocycles. The third kappa shape index (κ3) is 2.55. The summed E-state index contributed by atoms with van der Waals surface area (Å²) in [6.45, 7) is 3.03. The summed E-state index contributed by atoms with van der Waals surface area (Å²) in [6.07, 6.45) is 6.38. The number of rotatable bonds is 4. The molecule has 98 valence electrons. The molecule has 1 aliphatic rings. The van der Waals surface area contributed by atoms with Gasteiger partial charge in [0.25, 0.3) is 0 Å². The van der Waals surface area contributed by atoms with Crippen molar-refractivity contribution in [3.63, 3.8) is 0 Å². The molecule has 0 atom stereocenters. The van der Waals surface area contributed by atoms with Crippen LogP contribution in [-0.2, 0) is 0 Å². The van der Waals surface area contributed by atoms with Crippen molar-refractivity contribution in [3.05, 3.63) is 17.8 Å². The van der Waals surface area contributed by atoms with Crippen LogP contribution in [0.1, 0.15) is 43.0 Å². The van der Waals surface area contributed by atoms with Crippen molar-refractivity contribution in [2.24, 2.45) is 5.41 Å². The summed E-state index contributed by atoms with van der Waals surface area (Å²) in [5.74, 6) is -0.548. The van der Waals surface area contributed by atoms with Crippen molar-refractivity contribution in [2.45, 2.75) is 32.6 Å². The van der Waals surface area contributed by atoms with Gasteiger partial charge in [0.15, 0.2) is 0 Å². The van der Waals surface area contributed by atoms with Crippen LogP contribution in [0.3, 0.4) is 0 Å². The van der Waals surface area contributed by atoms with Crippen LogP contribution >= 0.6 is 0 Å². The predicted octanol–water partition coefficient (Wildman–Crippen LogP) is 2.35. The second-order valence-corrected chi connectivity index (χ2v) is 5.30. The molecule has 0 aliphatic heterocycles. The van der Waals surface area contributed by atoms with Crippen molar-refractivity contribution in [3.8, 4) is 0 Å². The third-order valence-corrected chi connectivity index (χ3v) is 3.71. The lowest BCUT2D eigenvalue weighted by Crippen LogP contribution is -2.24. The van der Waals surface area contributed by atoms with Gasteiger partial charge in [-0.15, -0.1) is 0 Å². The van der Waals surface area contributed by atoms with Gasteiger partial charge in [-0.2, -0.15) is 0 Å². The number of carboxylic acids is 1. The summed E-state index contributed by atoms with van der Waals surface area (Å²) < 4.78 is 0. The maximum Gasteiger partial charge on any atom is 0.337 e. The second-order valence-electron chi connectivity index (χ2n) is 5.30. The average molecular weight is 249 g/mol. The van der Waals surface area contributed by atoms with Crippen LogP contribution < -0.4 is 11.1 Å². The number of nitrogens with two attached hydrogens (primary N) is 1. The van der Waals surface area contributed by atoms with E-state index in [9.17, 15) is 4.79 Å². The minimum atomic E-state index is -1.02. The van der Waals surface area contributed by atoms with Gasteiger partial charge in [-0.1, -0.05) is 19.8 Å². The standard InChI is InChI=1S/C13H19N3O2/c1-13(5-2-3-6-13)8-16-11-10(14)9(12(17)18)4-7-15-11/h4,7H,2-3,5-6,8,14H2,1H3,(H,15,16)(H,17,18). The van der Waals surface area contributed by atoms with Crippen molar-refractivity contribution in [2.75, 3.05) is 17.6 Å². The zero-order valence-electron chi connectivity index (χ0n) is 10.6. The molecule has 2 rings (SSSR count). The summed E-state index contributed by atoms with van der Waals surface area (Å²) in [7, 11) is 0. The number of carbonyl (C=O) groups is 1. The van der Waals surface area contributed by atoms with Gasteiger partial charge in [-0.25, -0.2) is 9.78 Å². The Hall–Kier alpha value is -1.78. The van der Waals surface area contributed by atoms with E-state index in [1.807, 2.05) is 0 Å². The Kier molecular flexibility index (Phi) is 3.41. The van der Waals surface area contributed by atoms with Crippen molar-refractivity contribution < 1.29 is 9.90 Å². The second kappa shape index (κ2) is 4.84. The number of pyridine rings is 1. The summed E-state index contributed by atoms with van der Waals surface area (Å²) >= 11 is 0. The maximum atomic E-state index is 11.0. The SMILES string of the molecule is CC1(CNc2nccc(C(=O)O)c2N)CCCC1. The molecular weight excluding hydrogens is 230 g/mol. The van der Waals surface area contributed by atoms with E-state index in [0.29, 0.717) is 5.82 Å². The normalized spacial score (nSPS) is 17.6. The highest BCUT2D eigenvalue weighted by Gasteiger charge is 2.28. The van der Waals surface area contributed by atoms with E-state index < -0.39 is 5.97 Å². The molecule has 5 heteroatoms. The Morgan fingerprint density at radius 3 is 2.83 bits per heavy atom. The summed E-state index contributed by atoms with van der Waals surface area (Å²) in [5.41, 5.74) is 6.39. The van der Waals surface area contributed by atoms with Crippen LogP contribution in [0.2, 0.25) is 0 Å². The number of nitrogens with zero attached hydrogens (tertiary/aromatic N) is 1. The molecule has 1 aliphatic carbocycles. The fourth-order valence-electron chi connectivity index (χ4n) is 2.50. The minimum absolute atomic E-state index is 0.101. The van der Waals surface area contributed by atoms with Gasteiger partial charge >= 0.3 is 5.97 Å². The quantitative estimate of drug-likeness (QED) is 0.762. The number of aromatic nitrogens is 1. The highest BCUT2D eigenvalue weighted by Crippen LogP contribution is 2.37. The molecule has 0 aromatic carbocycles. The first-order valence-electron chi connectivity index (χ1n) is 6.23. The van der Waals surface area contributed by atoms with Crippen LogP contribution in [0.25, 0.3) is 0 Å². The van der Waals surface area contributed by atoms with Gasteiger partial charge in [0.05, 0.1) is 11.3 Å². The molecule has 1 heterocycles. The molecule has 0 amide bonds. The van der Waals surface area contributed by atoms with Gasteiger partial charge in [0, 0.05) is 12.7 Å². The van der Waals surface area contributed by atoms with Gasteiger partial charge in [0.2, 0.25) is 0 Å². The maximum absolute atomic E-state index is 11.0. The monoisotopic (exact) mass is 249 g/mol. The largest absolute Gasteiger partial charge is 0.478 e. The molecule has 18 heavy (non-hydrogen) atoms. The Balaban J connectivity index is 2.10. The first kappa shape index (κ1) is 12.7. The molecule has 1 aromatic rings. The van der Waals surface area contributed by atoms with Crippen molar-refractivity contribution in [1.29, 1.82) is 0 Å². The van der Waals surface area contributed by atoms with Gasteiger partial charge < -0.3 is 16.2 Å². The molecule has 0 bridgehead atoms. The fraction of sp³-hybridized carbons (Fsp3) is 0.538. The lowest BCUT2D eigenvalue weighted by atomic mass is 9.89. The van der Waals surface area contributed by atoms with Crippen LogP contribution in [-0.4, -0.2) is 22.6 Å². The highest BCUT2D eigenvalue weighted by atomic mass is 16.4. The van der Waals surface area contributed by atoms with E-state index in [-0.39, 0.29) is 16.7 Å². The third-order valence-electron chi connectivity index (χ3n) is 3.71. The fourth-order valence-corrected chi connectivity index (χ4v) is 2.50. The van der Waals surface area contributed by atoms with Crippen LogP contribution in [0.15, 0.2) is 12.3 Å². The Labute approximate surface area is 106 Å². The smallest absolute Gasteiger partial charge is 0.337 e. The molecule has 0 unspecified atom stereocenters. The summed E-state index contributed by atoms with van der Waals surface area (Å²) in [6, 6.07) is 1.42. The van der Waals surface area contributed by atoms with Crippen LogP contribution in [0.5, 0.6) is 0 Å². The number of hydrogen-bond donors (Lipinski definition) is 3. The topological polar surface area (TPSA) is 88.2 Å². The van der Waals surface area contributed by atoms with E-state index in [4.69, 9.17) is 10.8 Å². The molecule has 4 N–H and O–H groups in total. The average Bonchev–Trinajstić information content (AvgIpc) is 2.75. The van der Waals surface area contributed by atoms with Gasteiger partial charge in [0.1, 0.15) is 5.82 Å². The van der Waals surface area contributed by atoms with Crippen LogP contribution in [0.4, 0.5) is 11.5 Å². The van der Waals surface area contributed by atoms with Crippen molar-refractivity contribution in [1.82, 2.24) is 4.98 Å². The first-order valence-corrected chi connectivity index (χ1v) is 6.23. The van der Waals surface area contributed by atoms with Crippen molar-refractivity contribution >= 4 is 17.5 Å².